The molecule has 5 heteroatoms. The van der Waals surface area contributed by atoms with Crippen molar-refractivity contribution < 1.29 is 9.53 Å². The lowest BCUT2D eigenvalue weighted by atomic mass is 10.1. The van der Waals surface area contributed by atoms with Gasteiger partial charge in [-0.3, -0.25) is 0 Å². The highest BCUT2D eigenvalue weighted by Gasteiger charge is 2.12. The third-order valence-corrected chi connectivity index (χ3v) is 2.89. The Morgan fingerprint density at radius 1 is 1.25 bits per heavy atom. The first kappa shape index (κ1) is 14.0. The zero-order valence-corrected chi connectivity index (χ0v) is 11.8. The van der Waals surface area contributed by atoms with Gasteiger partial charge >= 0.3 is 5.97 Å². The Morgan fingerprint density at radius 3 is 2.60 bits per heavy atom. The molecule has 0 saturated carbocycles. The number of carbonyl (C=O) groups is 1. The molecule has 1 aromatic carbocycles. The first-order valence-corrected chi connectivity index (χ1v) is 6.35. The molecule has 104 valence electrons. The minimum absolute atomic E-state index is 0.0449. The number of aryl methyl sites for hydroxylation is 1. The largest absolute Gasteiger partial charge is 0.464 e. The highest BCUT2D eigenvalue weighted by molar-refractivity contribution is 5.87. The highest BCUT2D eigenvalue weighted by atomic mass is 16.5. The molecule has 2 aromatic rings. The molecule has 1 unspecified atom stereocenters. The summed E-state index contributed by atoms with van der Waals surface area (Å²) in [6.07, 6.45) is 0. The molecule has 0 spiro atoms. The molecule has 20 heavy (non-hydrogen) atoms. The molecule has 5 nitrogen and oxygen atoms in total. The van der Waals surface area contributed by atoms with Gasteiger partial charge in [0.2, 0.25) is 5.95 Å². The number of ether oxygens (including phenoxy) is 1. The van der Waals surface area contributed by atoms with Crippen LogP contribution in [-0.2, 0) is 4.74 Å². The van der Waals surface area contributed by atoms with Gasteiger partial charge < -0.3 is 10.1 Å². The number of methoxy groups -OCH3 is 1. The van der Waals surface area contributed by atoms with E-state index in [-0.39, 0.29) is 11.7 Å². The summed E-state index contributed by atoms with van der Waals surface area (Å²) in [7, 11) is 1.33. The normalized spacial score (nSPS) is 11.8. The Morgan fingerprint density at radius 2 is 1.95 bits per heavy atom. The van der Waals surface area contributed by atoms with Crippen molar-refractivity contribution in [3.8, 4) is 0 Å². The lowest BCUT2D eigenvalue weighted by Crippen LogP contribution is -2.13. The average Bonchev–Trinajstić information content (AvgIpc) is 2.46. The summed E-state index contributed by atoms with van der Waals surface area (Å²) in [6, 6.07) is 11.6. The number of nitrogens with one attached hydrogen (secondary N) is 1. The second-order valence-corrected chi connectivity index (χ2v) is 4.49. The standard InChI is InChI=1S/C15H17N3O2/c1-10-9-13(14(19)20-3)18-15(16-10)17-11(2)12-7-5-4-6-8-12/h4-9,11H,1-3H3,(H,16,17,18). The zero-order chi connectivity index (χ0) is 14.5. The molecule has 1 N–H and O–H groups in total. The number of hydrogen-bond donors (Lipinski definition) is 1. The molecule has 0 saturated heterocycles. The average molecular weight is 271 g/mol. The van der Waals surface area contributed by atoms with E-state index >= 15 is 0 Å². The smallest absolute Gasteiger partial charge is 0.356 e. The molecule has 0 aliphatic rings. The molecule has 0 aliphatic heterocycles. The number of esters is 1. The molecule has 1 atom stereocenters. The van der Waals surface area contributed by atoms with Gasteiger partial charge in [0.15, 0.2) is 5.69 Å². The predicted octanol–water partition coefficient (Wildman–Crippen LogP) is 2.74. The van der Waals surface area contributed by atoms with Gasteiger partial charge in [0, 0.05) is 5.69 Å². The number of hydrogen-bond acceptors (Lipinski definition) is 5. The van der Waals surface area contributed by atoms with Crippen LogP contribution < -0.4 is 5.32 Å². The van der Waals surface area contributed by atoms with Crippen molar-refractivity contribution in [2.24, 2.45) is 0 Å². The minimum Gasteiger partial charge on any atom is -0.464 e. The molecular formula is C15H17N3O2. The number of carbonyl (C=O) groups excluding carboxylic acids is 1. The first-order chi connectivity index (χ1) is 9.60. The van der Waals surface area contributed by atoms with Gasteiger partial charge in [-0.05, 0) is 25.5 Å². The number of aromatic nitrogens is 2. The van der Waals surface area contributed by atoms with Crippen LogP contribution >= 0.6 is 0 Å². The maximum atomic E-state index is 11.5. The fraction of sp³-hybridized carbons (Fsp3) is 0.267. The lowest BCUT2D eigenvalue weighted by molar-refractivity contribution is 0.0594. The maximum Gasteiger partial charge on any atom is 0.356 e. The van der Waals surface area contributed by atoms with Gasteiger partial charge in [-0.15, -0.1) is 0 Å². The van der Waals surface area contributed by atoms with Gasteiger partial charge in [0.25, 0.3) is 0 Å². The lowest BCUT2D eigenvalue weighted by Gasteiger charge is -2.14. The summed E-state index contributed by atoms with van der Waals surface area (Å²) in [5, 5.41) is 3.19. The van der Waals surface area contributed by atoms with Crippen LogP contribution in [0.15, 0.2) is 36.4 Å². The summed E-state index contributed by atoms with van der Waals surface area (Å²) < 4.78 is 4.68. The fourth-order valence-electron chi connectivity index (χ4n) is 1.86. The summed E-state index contributed by atoms with van der Waals surface area (Å²) in [5.41, 5.74) is 2.09. The minimum atomic E-state index is -0.467. The molecule has 0 fully saturated rings. The van der Waals surface area contributed by atoms with E-state index in [0.29, 0.717) is 11.6 Å². The van der Waals surface area contributed by atoms with Crippen molar-refractivity contribution in [1.29, 1.82) is 0 Å². The Hall–Kier alpha value is -2.43. The Balaban J connectivity index is 2.21. The molecule has 1 heterocycles. The third kappa shape index (κ3) is 3.32. The topological polar surface area (TPSA) is 64.1 Å². The van der Waals surface area contributed by atoms with E-state index in [0.717, 1.165) is 5.56 Å². The van der Waals surface area contributed by atoms with Gasteiger partial charge in [-0.2, -0.15) is 0 Å². The van der Waals surface area contributed by atoms with Crippen LogP contribution in [0.3, 0.4) is 0 Å². The fourth-order valence-corrected chi connectivity index (χ4v) is 1.86. The van der Waals surface area contributed by atoms with Crippen molar-refractivity contribution in [2.45, 2.75) is 19.9 Å². The van der Waals surface area contributed by atoms with Crippen LogP contribution in [0, 0.1) is 6.92 Å². The molecule has 0 radical (unpaired) electrons. The van der Waals surface area contributed by atoms with Crippen molar-refractivity contribution >= 4 is 11.9 Å². The van der Waals surface area contributed by atoms with Crippen molar-refractivity contribution in [1.82, 2.24) is 9.97 Å². The van der Waals surface area contributed by atoms with Crippen molar-refractivity contribution in [2.75, 3.05) is 12.4 Å². The summed E-state index contributed by atoms with van der Waals surface area (Å²) in [5.74, 6) is -0.0485. The Labute approximate surface area is 118 Å². The SMILES string of the molecule is COC(=O)c1cc(C)nc(NC(C)c2ccccc2)n1. The van der Waals surface area contributed by atoms with Gasteiger partial charge in [-0.1, -0.05) is 30.3 Å². The summed E-state index contributed by atoms with van der Waals surface area (Å²) in [4.78, 5) is 20.0. The number of nitrogens with zero attached hydrogens (tertiary/aromatic N) is 2. The molecule has 0 bridgehead atoms. The van der Waals surface area contributed by atoms with Gasteiger partial charge in [0.1, 0.15) is 0 Å². The van der Waals surface area contributed by atoms with Crippen LogP contribution in [0.5, 0.6) is 0 Å². The molecular weight excluding hydrogens is 254 g/mol. The maximum absolute atomic E-state index is 11.5. The quantitative estimate of drug-likeness (QED) is 0.866. The van der Waals surface area contributed by atoms with Crippen LogP contribution in [-0.4, -0.2) is 23.0 Å². The first-order valence-electron chi connectivity index (χ1n) is 6.35. The van der Waals surface area contributed by atoms with Crippen LogP contribution in [0.4, 0.5) is 5.95 Å². The molecule has 2 rings (SSSR count). The molecule has 0 aliphatic carbocycles. The van der Waals surface area contributed by atoms with E-state index in [9.17, 15) is 4.79 Å². The van der Waals surface area contributed by atoms with Gasteiger partial charge in [0.05, 0.1) is 13.2 Å². The van der Waals surface area contributed by atoms with Gasteiger partial charge in [-0.25, -0.2) is 14.8 Å². The number of anilines is 1. The van der Waals surface area contributed by atoms with Crippen LogP contribution in [0.25, 0.3) is 0 Å². The van der Waals surface area contributed by atoms with E-state index in [1.54, 1.807) is 6.07 Å². The van der Waals surface area contributed by atoms with Crippen LogP contribution in [0.2, 0.25) is 0 Å². The molecule has 0 amide bonds. The van der Waals surface area contributed by atoms with Crippen LogP contribution in [0.1, 0.15) is 34.7 Å². The third-order valence-electron chi connectivity index (χ3n) is 2.89. The Bertz CT molecular complexity index is 599. The predicted molar refractivity (Wildman–Crippen MR) is 76.6 cm³/mol. The highest BCUT2D eigenvalue weighted by Crippen LogP contribution is 2.17. The van der Waals surface area contributed by atoms with E-state index in [1.165, 1.54) is 7.11 Å². The second-order valence-electron chi connectivity index (χ2n) is 4.49. The zero-order valence-electron chi connectivity index (χ0n) is 11.8. The van der Waals surface area contributed by atoms with E-state index in [1.807, 2.05) is 44.2 Å². The second kappa shape index (κ2) is 6.14. The van der Waals surface area contributed by atoms with Crippen molar-refractivity contribution in [3.05, 3.63) is 53.3 Å². The monoisotopic (exact) mass is 271 g/mol. The number of benzene rings is 1. The van der Waals surface area contributed by atoms with E-state index in [4.69, 9.17) is 0 Å². The van der Waals surface area contributed by atoms with E-state index < -0.39 is 5.97 Å². The summed E-state index contributed by atoms with van der Waals surface area (Å²) in [6.45, 7) is 3.82. The van der Waals surface area contributed by atoms with E-state index in [2.05, 4.69) is 20.0 Å². The Kier molecular flexibility index (Phi) is 4.30. The summed E-state index contributed by atoms with van der Waals surface area (Å²) >= 11 is 0. The number of rotatable bonds is 4. The van der Waals surface area contributed by atoms with Crippen molar-refractivity contribution in [3.63, 3.8) is 0 Å². The molecule has 1 aromatic heterocycles.